The van der Waals surface area contributed by atoms with Crippen LogP contribution in [0.4, 0.5) is 0 Å². The van der Waals surface area contributed by atoms with E-state index < -0.39 is 51.8 Å². The number of methoxy groups -OCH3 is 2. The Labute approximate surface area is 219 Å². The van der Waals surface area contributed by atoms with Gasteiger partial charge in [-0.15, -0.1) is 0 Å². The van der Waals surface area contributed by atoms with Crippen LogP contribution in [0, 0.1) is 0 Å². The molecule has 39 heavy (non-hydrogen) atoms. The standard InChI is InChI=1S/C29H22O10/c1-36-15-8-9-20-17(10-15)25(32)18(13-38-20)16(11-22(31)37-2)23-26(33)28(35)27(34)24-19(30)12-21(39-29(23)24)14-6-4-3-5-7-14/h3-10,12-13,16,33-35H,11H2,1-2H3/t16-/m1/s1. The maximum atomic E-state index is 13.7. The number of phenols is 3. The van der Waals surface area contributed by atoms with E-state index in [2.05, 4.69) is 0 Å². The molecule has 5 rings (SSSR count). The lowest BCUT2D eigenvalue weighted by Gasteiger charge is -2.20. The zero-order chi connectivity index (χ0) is 27.8. The van der Waals surface area contributed by atoms with Crippen LogP contribution in [-0.2, 0) is 9.53 Å². The van der Waals surface area contributed by atoms with Crippen molar-refractivity contribution >= 4 is 27.9 Å². The molecule has 0 radical (unpaired) electrons. The summed E-state index contributed by atoms with van der Waals surface area (Å²) < 4.78 is 21.7. The Hall–Kier alpha value is -5.25. The summed E-state index contributed by atoms with van der Waals surface area (Å²) in [5.41, 5.74) is -1.25. The fraction of sp³-hybridized carbons (Fsp3) is 0.138. The number of ether oxygens (including phenoxy) is 2. The van der Waals surface area contributed by atoms with Crippen molar-refractivity contribution in [2.75, 3.05) is 14.2 Å². The van der Waals surface area contributed by atoms with Crippen molar-refractivity contribution in [3.63, 3.8) is 0 Å². The van der Waals surface area contributed by atoms with Crippen molar-refractivity contribution in [1.82, 2.24) is 0 Å². The van der Waals surface area contributed by atoms with Crippen molar-refractivity contribution in [3.8, 4) is 34.3 Å². The summed E-state index contributed by atoms with van der Waals surface area (Å²) in [6, 6.07) is 14.3. The second-order valence-electron chi connectivity index (χ2n) is 8.72. The third kappa shape index (κ3) is 4.31. The van der Waals surface area contributed by atoms with E-state index >= 15 is 0 Å². The number of rotatable bonds is 6. The number of phenolic OH excluding ortho intramolecular Hbond substituents is 3. The molecule has 0 aliphatic heterocycles. The van der Waals surface area contributed by atoms with Crippen molar-refractivity contribution in [1.29, 1.82) is 0 Å². The molecule has 198 valence electrons. The quantitative estimate of drug-likeness (QED) is 0.212. The molecule has 2 aromatic heterocycles. The van der Waals surface area contributed by atoms with Gasteiger partial charge in [-0.1, -0.05) is 30.3 Å². The highest BCUT2D eigenvalue weighted by molar-refractivity contribution is 5.94. The molecular weight excluding hydrogens is 508 g/mol. The highest BCUT2D eigenvalue weighted by Gasteiger charge is 2.33. The third-order valence-corrected chi connectivity index (χ3v) is 6.52. The van der Waals surface area contributed by atoms with Crippen LogP contribution in [0.1, 0.15) is 23.5 Å². The fourth-order valence-electron chi connectivity index (χ4n) is 4.55. The smallest absolute Gasteiger partial charge is 0.306 e. The van der Waals surface area contributed by atoms with E-state index in [1.807, 2.05) is 0 Å². The number of benzene rings is 3. The zero-order valence-electron chi connectivity index (χ0n) is 20.8. The maximum Gasteiger partial charge on any atom is 0.306 e. The zero-order valence-corrected chi connectivity index (χ0v) is 20.8. The lowest BCUT2D eigenvalue weighted by molar-refractivity contribution is -0.140. The van der Waals surface area contributed by atoms with Gasteiger partial charge in [-0.3, -0.25) is 14.4 Å². The van der Waals surface area contributed by atoms with Crippen LogP contribution in [0.25, 0.3) is 33.3 Å². The predicted molar refractivity (Wildman–Crippen MR) is 140 cm³/mol. The molecule has 0 aliphatic carbocycles. The Bertz CT molecular complexity index is 1850. The van der Waals surface area contributed by atoms with E-state index in [0.717, 1.165) is 19.4 Å². The fourth-order valence-corrected chi connectivity index (χ4v) is 4.55. The first kappa shape index (κ1) is 25.4. The van der Waals surface area contributed by atoms with Gasteiger partial charge in [0.1, 0.15) is 28.1 Å². The van der Waals surface area contributed by atoms with Gasteiger partial charge in [0, 0.05) is 28.7 Å². The van der Waals surface area contributed by atoms with Gasteiger partial charge in [-0.25, -0.2) is 0 Å². The third-order valence-electron chi connectivity index (χ3n) is 6.52. The minimum Gasteiger partial charge on any atom is -0.504 e. The summed E-state index contributed by atoms with van der Waals surface area (Å²) in [6.45, 7) is 0. The average molecular weight is 530 g/mol. The molecule has 0 fully saturated rings. The Morgan fingerprint density at radius 2 is 1.69 bits per heavy atom. The number of fused-ring (bicyclic) bond motifs is 2. The number of esters is 1. The predicted octanol–water partition coefficient (Wildman–Crippen LogP) is 4.39. The van der Waals surface area contributed by atoms with Gasteiger partial charge in [-0.05, 0) is 18.2 Å². The summed E-state index contributed by atoms with van der Waals surface area (Å²) in [7, 11) is 2.58. The molecule has 3 aromatic carbocycles. The molecule has 0 unspecified atom stereocenters. The van der Waals surface area contributed by atoms with Gasteiger partial charge in [0.25, 0.3) is 0 Å². The number of carbonyl (C=O) groups excluding carboxylic acids is 1. The molecule has 1 atom stereocenters. The maximum absolute atomic E-state index is 13.7. The number of hydrogen-bond acceptors (Lipinski definition) is 10. The highest BCUT2D eigenvalue weighted by atomic mass is 16.5. The first-order valence-corrected chi connectivity index (χ1v) is 11.7. The van der Waals surface area contributed by atoms with Crippen LogP contribution in [0.3, 0.4) is 0 Å². The first-order chi connectivity index (χ1) is 18.7. The van der Waals surface area contributed by atoms with Gasteiger partial charge in [0.05, 0.1) is 32.3 Å². The van der Waals surface area contributed by atoms with Crippen molar-refractivity contribution in [2.24, 2.45) is 0 Å². The van der Waals surface area contributed by atoms with Gasteiger partial charge in [0.2, 0.25) is 5.75 Å². The Morgan fingerprint density at radius 3 is 2.38 bits per heavy atom. The largest absolute Gasteiger partial charge is 0.504 e. The minimum absolute atomic E-state index is 0.0888. The van der Waals surface area contributed by atoms with E-state index in [4.69, 9.17) is 18.3 Å². The van der Waals surface area contributed by atoms with Crippen molar-refractivity contribution < 1.29 is 38.4 Å². The molecule has 0 bridgehead atoms. The lowest BCUT2D eigenvalue weighted by Crippen LogP contribution is -2.19. The van der Waals surface area contributed by atoms with Crippen LogP contribution < -0.4 is 15.6 Å². The Morgan fingerprint density at radius 1 is 0.949 bits per heavy atom. The van der Waals surface area contributed by atoms with Crippen molar-refractivity contribution in [2.45, 2.75) is 12.3 Å². The Balaban J connectivity index is 1.88. The first-order valence-electron chi connectivity index (χ1n) is 11.7. The van der Waals surface area contributed by atoms with E-state index in [0.29, 0.717) is 11.3 Å². The number of carbonyl (C=O) groups is 1. The van der Waals surface area contributed by atoms with Crippen molar-refractivity contribution in [3.05, 3.63) is 92.4 Å². The summed E-state index contributed by atoms with van der Waals surface area (Å²) in [5, 5.41) is 31.9. The molecule has 3 N–H and O–H groups in total. The lowest BCUT2D eigenvalue weighted by atomic mass is 9.86. The summed E-state index contributed by atoms with van der Waals surface area (Å²) in [4.78, 5) is 39.4. The molecule has 0 amide bonds. The monoisotopic (exact) mass is 530 g/mol. The van der Waals surface area contributed by atoms with E-state index in [1.54, 1.807) is 42.5 Å². The van der Waals surface area contributed by atoms with Gasteiger partial charge in [-0.2, -0.15) is 0 Å². The highest BCUT2D eigenvalue weighted by Crippen LogP contribution is 2.49. The molecule has 10 nitrogen and oxygen atoms in total. The molecule has 5 aromatic rings. The summed E-state index contributed by atoms with van der Waals surface area (Å²) in [6.07, 6.45) is 0.613. The van der Waals surface area contributed by atoms with Crippen LogP contribution in [0.15, 0.2) is 79.3 Å². The normalized spacial score (nSPS) is 11.9. The number of hydrogen-bond donors (Lipinski definition) is 3. The minimum atomic E-state index is -1.33. The van der Waals surface area contributed by atoms with Crippen LogP contribution in [0.5, 0.6) is 23.0 Å². The van der Waals surface area contributed by atoms with E-state index in [1.165, 1.54) is 13.2 Å². The van der Waals surface area contributed by atoms with Crippen LogP contribution in [-0.4, -0.2) is 35.5 Å². The molecule has 0 aliphatic rings. The molecule has 0 spiro atoms. The van der Waals surface area contributed by atoms with Gasteiger partial charge < -0.3 is 33.6 Å². The molecule has 0 saturated heterocycles. The Kier molecular flexibility index (Phi) is 6.45. The van der Waals surface area contributed by atoms with Gasteiger partial charge >= 0.3 is 5.97 Å². The molecule has 0 saturated carbocycles. The molecule has 10 heteroatoms. The second kappa shape index (κ2) is 9.90. The summed E-state index contributed by atoms with van der Waals surface area (Å²) >= 11 is 0. The van der Waals surface area contributed by atoms with E-state index in [9.17, 15) is 29.7 Å². The summed E-state index contributed by atoms with van der Waals surface area (Å²) in [5.74, 6) is -4.44. The van der Waals surface area contributed by atoms with Gasteiger partial charge in [0.15, 0.2) is 22.4 Å². The average Bonchev–Trinajstić information content (AvgIpc) is 2.95. The molecular formula is C29H22O10. The van der Waals surface area contributed by atoms with E-state index in [-0.39, 0.29) is 33.4 Å². The second-order valence-corrected chi connectivity index (χ2v) is 8.72. The topological polar surface area (TPSA) is 157 Å². The van der Waals surface area contributed by atoms with Crippen LogP contribution in [0.2, 0.25) is 0 Å². The van der Waals surface area contributed by atoms with Crippen LogP contribution >= 0.6 is 0 Å². The molecule has 2 heterocycles. The SMILES string of the molecule is COC(=O)C[C@H](c1coc2ccc(OC)cc2c1=O)c1c(O)c(O)c(O)c2c(=O)cc(-c3ccccc3)oc12. The number of aromatic hydroxyl groups is 3.